The Morgan fingerprint density at radius 2 is 1.48 bits per heavy atom. The zero-order valence-electron chi connectivity index (χ0n) is 16.4. The predicted molar refractivity (Wildman–Crippen MR) is 98.7 cm³/mol. The van der Waals surface area contributed by atoms with Gasteiger partial charge in [-0.1, -0.05) is 12.8 Å². The summed E-state index contributed by atoms with van der Waals surface area (Å²) >= 11 is 0. The number of piperidine rings is 1. The number of likely N-dealkylation sites (tertiary alicyclic amines) is 1. The summed E-state index contributed by atoms with van der Waals surface area (Å²) < 4.78 is 10.6. The van der Waals surface area contributed by atoms with Crippen LogP contribution < -0.4 is 0 Å². The highest BCUT2D eigenvalue weighted by atomic mass is 16.7. The van der Waals surface area contributed by atoms with Crippen molar-refractivity contribution in [3.8, 4) is 0 Å². The number of hydrogen-bond acceptors (Lipinski definition) is 11. The number of unbranched alkanes of at least 4 members (excludes halogenated alkanes) is 3. The zero-order chi connectivity index (χ0) is 21.6. The SMILES string of the molecule is OC[C@@H]1[C@@H](O)[C@H](O)[C@@H](O)CN1CCCCCCO[C@H]1[C@H](O)[C@@H](O)[C@H](O)O[C@@H]1CO. The van der Waals surface area contributed by atoms with E-state index in [2.05, 4.69) is 0 Å². The van der Waals surface area contributed by atoms with Crippen LogP contribution in [-0.2, 0) is 9.47 Å². The van der Waals surface area contributed by atoms with Crippen LogP contribution in [0.2, 0.25) is 0 Å². The molecule has 2 aliphatic rings. The van der Waals surface area contributed by atoms with Gasteiger partial charge in [-0.15, -0.1) is 0 Å². The predicted octanol–water partition coefficient (Wildman–Crippen LogP) is -3.88. The minimum atomic E-state index is -1.57. The third-order valence-electron chi connectivity index (χ3n) is 5.71. The smallest absolute Gasteiger partial charge is 0.184 e. The Balaban J connectivity index is 1.64. The minimum Gasteiger partial charge on any atom is -0.395 e. The fourth-order valence-electron chi connectivity index (χ4n) is 3.90. The molecule has 29 heavy (non-hydrogen) atoms. The fourth-order valence-corrected chi connectivity index (χ4v) is 3.90. The molecule has 2 heterocycles. The van der Waals surface area contributed by atoms with Gasteiger partial charge in [0.1, 0.15) is 36.6 Å². The van der Waals surface area contributed by atoms with Gasteiger partial charge in [0.05, 0.1) is 25.4 Å². The third kappa shape index (κ3) is 6.28. The van der Waals surface area contributed by atoms with E-state index in [1.54, 1.807) is 4.90 Å². The lowest BCUT2D eigenvalue weighted by Crippen LogP contribution is -2.62. The second kappa shape index (κ2) is 11.8. The van der Waals surface area contributed by atoms with Crippen molar-refractivity contribution in [3.63, 3.8) is 0 Å². The Morgan fingerprint density at radius 3 is 2.14 bits per heavy atom. The molecule has 9 atom stereocenters. The van der Waals surface area contributed by atoms with Crippen molar-refractivity contribution in [1.29, 1.82) is 0 Å². The molecule has 0 amide bonds. The van der Waals surface area contributed by atoms with Gasteiger partial charge in [-0.25, -0.2) is 0 Å². The third-order valence-corrected chi connectivity index (χ3v) is 5.71. The van der Waals surface area contributed by atoms with E-state index in [0.717, 1.165) is 19.3 Å². The lowest BCUT2D eigenvalue weighted by molar-refractivity contribution is -0.294. The molecule has 8 N–H and O–H groups in total. The maximum absolute atomic E-state index is 9.99. The molecule has 0 aromatic carbocycles. The molecular formula is C18H35NO10. The van der Waals surface area contributed by atoms with Crippen LogP contribution in [0.3, 0.4) is 0 Å². The number of aliphatic hydroxyl groups excluding tert-OH is 8. The topological polar surface area (TPSA) is 184 Å². The molecule has 172 valence electrons. The summed E-state index contributed by atoms with van der Waals surface area (Å²) in [5, 5.41) is 77.3. The highest BCUT2D eigenvalue weighted by molar-refractivity contribution is 4.94. The lowest BCUT2D eigenvalue weighted by Gasteiger charge is -2.43. The van der Waals surface area contributed by atoms with E-state index in [-0.39, 0.29) is 19.8 Å². The monoisotopic (exact) mass is 425 g/mol. The molecule has 0 aliphatic carbocycles. The van der Waals surface area contributed by atoms with E-state index in [0.29, 0.717) is 13.0 Å². The van der Waals surface area contributed by atoms with Crippen LogP contribution in [-0.4, -0.2) is 134 Å². The van der Waals surface area contributed by atoms with Crippen LogP contribution >= 0.6 is 0 Å². The van der Waals surface area contributed by atoms with Gasteiger partial charge in [-0.05, 0) is 19.4 Å². The van der Waals surface area contributed by atoms with Crippen molar-refractivity contribution in [3.05, 3.63) is 0 Å². The van der Waals surface area contributed by atoms with Crippen molar-refractivity contribution in [2.24, 2.45) is 0 Å². The molecule has 2 fully saturated rings. The van der Waals surface area contributed by atoms with E-state index < -0.39 is 61.7 Å². The average molecular weight is 425 g/mol. The van der Waals surface area contributed by atoms with Crippen molar-refractivity contribution in [2.45, 2.75) is 80.7 Å². The van der Waals surface area contributed by atoms with Crippen LogP contribution in [0.15, 0.2) is 0 Å². The Morgan fingerprint density at radius 1 is 0.793 bits per heavy atom. The van der Waals surface area contributed by atoms with Gasteiger partial charge in [0.25, 0.3) is 0 Å². The second-order valence-electron chi connectivity index (χ2n) is 7.77. The van der Waals surface area contributed by atoms with Gasteiger partial charge < -0.3 is 50.3 Å². The number of hydrogen-bond donors (Lipinski definition) is 8. The summed E-state index contributed by atoms with van der Waals surface area (Å²) in [7, 11) is 0. The lowest BCUT2D eigenvalue weighted by atomic mass is 9.94. The van der Waals surface area contributed by atoms with E-state index in [9.17, 15) is 40.9 Å². The highest BCUT2D eigenvalue weighted by Gasteiger charge is 2.44. The van der Waals surface area contributed by atoms with E-state index in [1.807, 2.05) is 0 Å². The first-order valence-electron chi connectivity index (χ1n) is 10.1. The summed E-state index contributed by atoms with van der Waals surface area (Å²) in [5.74, 6) is 0. The van der Waals surface area contributed by atoms with Crippen LogP contribution in [0.4, 0.5) is 0 Å². The van der Waals surface area contributed by atoms with Gasteiger partial charge in [-0.2, -0.15) is 0 Å². The molecule has 2 rings (SSSR count). The van der Waals surface area contributed by atoms with Gasteiger partial charge in [0.15, 0.2) is 6.29 Å². The first kappa shape index (κ1) is 24.8. The fraction of sp³-hybridized carbons (Fsp3) is 1.00. The largest absolute Gasteiger partial charge is 0.395 e. The number of nitrogens with zero attached hydrogens (tertiary/aromatic N) is 1. The Bertz CT molecular complexity index is 470. The minimum absolute atomic E-state index is 0.183. The highest BCUT2D eigenvalue weighted by Crippen LogP contribution is 2.23. The number of aliphatic hydroxyl groups is 8. The van der Waals surface area contributed by atoms with E-state index in [4.69, 9.17) is 9.47 Å². The van der Waals surface area contributed by atoms with Crippen LogP contribution in [0.25, 0.3) is 0 Å². The molecule has 0 unspecified atom stereocenters. The maximum Gasteiger partial charge on any atom is 0.184 e. The zero-order valence-corrected chi connectivity index (χ0v) is 16.4. The van der Waals surface area contributed by atoms with Crippen molar-refractivity contribution in [1.82, 2.24) is 4.90 Å². The standard InChI is InChI=1S/C18H35NO10/c20-8-10-13(23)14(24)11(22)7-19(10)5-3-1-2-4-6-28-17-12(9-21)29-18(27)16(26)15(17)25/h10-18,20-27H,1-9H2/t10-,11+,12-,13-,14-,15-,16-,17-,18-/m1/s1. The molecule has 0 aromatic heterocycles. The first-order chi connectivity index (χ1) is 13.8. The normalized spacial score (nSPS) is 41.6. The van der Waals surface area contributed by atoms with Crippen molar-refractivity contribution < 1.29 is 50.3 Å². The molecule has 2 aliphatic heterocycles. The molecule has 0 saturated carbocycles. The summed E-state index contributed by atoms with van der Waals surface area (Å²) in [5.41, 5.74) is 0. The average Bonchev–Trinajstić information content (AvgIpc) is 2.70. The summed E-state index contributed by atoms with van der Waals surface area (Å²) in [6, 6.07) is -0.610. The molecule has 0 aromatic rings. The Hall–Kier alpha value is -0.440. The molecule has 2 saturated heterocycles. The summed E-state index contributed by atoms with van der Waals surface area (Å²) in [6.07, 6.45) is -6.79. The van der Waals surface area contributed by atoms with Gasteiger partial charge in [-0.3, -0.25) is 4.90 Å². The number of β-amino-alcohol motifs (C(OH)–C–C–N with tert-alkyl or cyclic N) is 1. The van der Waals surface area contributed by atoms with Crippen molar-refractivity contribution in [2.75, 3.05) is 32.9 Å². The van der Waals surface area contributed by atoms with Crippen molar-refractivity contribution >= 4 is 0 Å². The molecule has 11 nitrogen and oxygen atoms in total. The first-order valence-corrected chi connectivity index (χ1v) is 10.1. The van der Waals surface area contributed by atoms with Gasteiger partial charge in [0, 0.05) is 13.2 Å². The van der Waals surface area contributed by atoms with E-state index >= 15 is 0 Å². The second-order valence-corrected chi connectivity index (χ2v) is 7.77. The van der Waals surface area contributed by atoms with E-state index in [1.165, 1.54) is 0 Å². The molecule has 0 bridgehead atoms. The van der Waals surface area contributed by atoms with Crippen LogP contribution in [0.5, 0.6) is 0 Å². The number of ether oxygens (including phenoxy) is 2. The molecule has 11 heteroatoms. The molecule has 0 radical (unpaired) electrons. The molecular weight excluding hydrogens is 390 g/mol. The van der Waals surface area contributed by atoms with Gasteiger partial charge in [0.2, 0.25) is 0 Å². The maximum atomic E-state index is 9.99. The van der Waals surface area contributed by atoms with Crippen LogP contribution in [0.1, 0.15) is 25.7 Å². The summed E-state index contributed by atoms with van der Waals surface area (Å²) in [4.78, 5) is 1.77. The quantitative estimate of drug-likeness (QED) is 0.160. The van der Waals surface area contributed by atoms with Crippen LogP contribution in [0, 0.1) is 0 Å². The Labute approximate surface area is 169 Å². The molecule has 0 spiro atoms. The summed E-state index contributed by atoms with van der Waals surface area (Å²) in [6.45, 7) is 0.246. The number of rotatable bonds is 10. The Kier molecular flexibility index (Phi) is 10.1. The van der Waals surface area contributed by atoms with Gasteiger partial charge >= 0.3 is 0 Å².